The van der Waals surface area contributed by atoms with E-state index < -0.39 is 31.8 Å². The van der Waals surface area contributed by atoms with Crippen LogP contribution in [0.3, 0.4) is 0 Å². The number of aromatic nitrogens is 1. The number of carbonyl (C=O) groups is 1. The van der Waals surface area contributed by atoms with E-state index in [0.29, 0.717) is 22.6 Å². The van der Waals surface area contributed by atoms with Gasteiger partial charge < -0.3 is 19.6 Å². The third kappa shape index (κ3) is 5.42. The molecule has 4 N–H and O–H groups in total. The normalized spacial score (nSPS) is 20.5. The number of phosphoric acid groups is 1. The van der Waals surface area contributed by atoms with Crippen LogP contribution in [0.2, 0.25) is 0 Å². The molecule has 1 fully saturated rings. The van der Waals surface area contributed by atoms with Crippen molar-refractivity contribution in [3.8, 4) is 5.75 Å². The van der Waals surface area contributed by atoms with Crippen LogP contribution in [0, 0.1) is 6.92 Å². The minimum atomic E-state index is -4.65. The number of rotatable bonds is 5. The number of aromatic hydroxyl groups is 1. The molecule has 1 aromatic rings. The molecule has 0 bridgehead atoms. The van der Waals surface area contributed by atoms with E-state index in [1.54, 1.807) is 6.92 Å². The summed E-state index contributed by atoms with van der Waals surface area (Å²) in [5.74, 6) is -0.0812. The Morgan fingerprint density at radius 3 is 2.79 bits per heavy atom. The fourth-order valence-corrected chi connectivity index (χ4v) is 3.74. The Bertz CT molecular complexity index is 657. The van der Waals surface area contributed by atoms with Crippen LogP contribution in [0.25, 0.3) is 0 Å². The molecule has 24 heavy (non-hydrogen) atoms. The predicted molar refractivity (Wildman–Crippen MR) is 81.6 cm³/mol. The summed E-state index contributed by atoms with van der Waals surface area (Å²) < 4.78 is 20.0. The third-order valence-corrected chi connectivity index (χ3v) is 4.97. The zero-order valence-electron chi connectivity index (χ0n) is 13.4. The maximum atomic E-state index is 11.6. The molecule has 1 aliphatic heterocycles. The molecule has 1 aliphatic rings. The molecule has 0 saturated carbocycles. The number of aryl methyl sites for hydroxylation is 1. The van der Waals surface area contributed by atoms with Gasteiger partial charge in [-0.1, -0.05) is 0 Å². The summed E-state index contributed by atoms with van der Waals surface area (Å²) in [7, 11) is -3.37. The Hall–Kier alpha value is -0.160. The summed E-state index contributed by atoms with van der Waals surface area (Å²) in [6.07, 6.45) is 1.38. The molecule has 0 aromatic carbocycles. The second-order valence-electron chi connectivity index (χ2n) is 4.85. The van der Waals surface area contributed by atoms with Crippen molar-refractivity contribution in [2.45, 2.75) is 24.9 Å². The van der Waals surface area contributed by atoms with Gasteiger partial charge in [-0.05, 0) is 6.92 Å². The molecule has 0 aliphatic carbocycles. The summed E-state index contributed by atoms with van der Waals surface area (Å²) in [6, 6.07) is -0.529. The number of nitrogens with one attached hydrogen (secondary N) is 1. The minimum absolute atomic E-state index is 0. The molecule has 1 aromatic heterocycles. The molecule has 2 unspecified atom stereocenters. The van der Waals surface area contributed by atoms with E-state index in [9.17, 15) is 14.5 Å². The van der Waals surface area contributed by atoms with Crippen LogP contribution < -0.4 is 34.9 Å². The Kier molecular flexibility index (Phi) is 8.18. The predicted octanol–water partition coefficient (Wildman–Crippen LogP) is -2.41. The largest absolute Gasteiger partial charge is 1.00 e. The molecule has 12 heteroatoms. The monoisotopic (exact) mass is 387 g/mol. The van der Waals surface area contributed by atoms with Gasteiger partial charge in [0.25, 0.3) is 0 Å². The minimum Gasteiger partial charge on any atom is -0.506 e. The van der Waals surface area contributed by atoms with Gasteiger partial charge in [-0.25, -0.2) is 4.57 Å². The second-order valence-corrected chi connectivity index (χ2v) is 7.23. The molecule has 0 spiro atoms. The Labute approximate surface area is 165 Å². The first-order chi connectivity index (χ1) is 10.7. The standard InChI is InChI=1S/C12H17N2O7PS.Na/c1-6-10(15)9(7(3-13-6)4-21-22(17,18)19)11-14-8(5-23-11)12(16)20-2;/h3,8,11,14-15H,4-5H2,1-2H3,(H2,17,18,19);/q;+1. The van der Waals surface area contributed by atoms with Crippen molar-refractivity contribution in [2.75, 3.05) is 12.9 Å². The maximum Gasteiger partial charge on any atom is 1.00 e. The summed E-state index contributed by atoms with van der Waals surface area (Å²) in [4.78, 5) is 33.2. The van der Waals surface area contributed by atoms with Gasteiger partial charge in [0, 0.05) is 23.1 Å². The molecule has 9 nitrogen and oxygen atoms in total. The van der Waals surface area contributed by atoms with Crippen LogP contribution >= 0.6 is 19.6 Å². The van der Waals surface area contributed by atoms with Gasteiger partial charge in [0.1, 0.15) is 11.8 Å². The first-order valence-corrected chi connectivity index (χ1v) is 9.13. The number of nitrogens with zero attached hydrogens (tertiary/aromatic N) is 1. The molecule has 2 heterocycles. The number of hydrogen-bond acceptors (Lipinski definition) is 8. The molecule has 128 valence electrons. The van der Waals surface area contributed by atoms with Crippen molar-refractivity contribution < 1.29 is 63.1 Å². The van der Waals surface area contributed by atoms with E-state index in [4.69, 9.17) is 9.79 Å². The van der Waals surface area contributed by atoms with E-state index in [2.05, 4.69) is 19.6 Å². The van der Waals surface area contributed by atoms with Crippen LogP contribution in [0.1, 0.15) is 22.2 Å². The van der Waals surface area contributed by atoms with E-state index in [1.807, 2.05) is 0 Å². The first kappa shape index (κ1) is 21.9. The van der Waals surface area contributed by atoms with Crippen molar-refractivity contribution in [1.29, 1.82) is 0 Å². The molecular formula is C12H17N2NaO7PS+. The SMILES string of the molecule is COC(=O)C1CSC(c2c(COP(=O)(O)O)cnc(C)c2O)N1.[Na+]. The van der Waals surface area contributed by atoms with Gasteiger partial charge >= 0.3 is 43.3 Å². The number of methoxy groups -OCH3 is 1. The number of carbonyl (C=O) groups excluding carboxylic acids is 1. The number of pyridine rings is 1. The van der Waals surface area contributed by atoms with Crippen molar-refractivity contribution in [1.82, 2.24) is 10.3 Å². The Morgan fingerprint density at radius 1 is 1.54 bits per heavy atom. The van der Waals surface area contributed by atoms with Gasteiger partial charge in [0.15, 0.2) is 0 Å². The van der Waals surface area contributed by atoms with E-state index in [-0.39, 0.29) is 35.3 Å². The van der Waals surface area contributed by atoms with Gasteiger partial charge in [0.2, 0.25) is 0 Å². The van der Waals surface area contributed by atoms with Gasteiger partial charge in [-0.3, -0.25) is 19.6 Å². The first-order valence-electron chi connectivity index (χ1n) is 6.56. The fraction of sp³-hybridized carbons (Fsp3) is 0.500. The third-order valence-electron chi connectivity index (χ3n) is 3.28. The van der Waals surface area contributed by atoms with Crippen LogP contribution in [-0.2, 0) is 25.2 Å². The number of esters is 1. The number of hydrogen-bond donors (Lipinski definition) is 4. The van der Waals surface area contributed by atoms with Crippen LogP contribution in [-0.4, -0.2) is 44.8 Å². The van der Waals surface area contributed by atoms with E-state index in [0.717, 1.165) is 0 Å². The molecule has 0 radical (unpaired) electrons. The Morgan fingerprint density at radius 2 is 2.21 bits per heavy atom. The molecule has 1 saturated heterocycles. The number of ether oxygens (including phenoxy) is 1. The van der Waals surface area contributed by atoms with E-state index >= 15 is 0 Å². The van der Waals surface area contributed by atoms with Crippen LogP contribution in [0.15, 0.2) is 6.20 Å². The average molecular weight is 387 g/mol. The maximum absolute atomic E-state index is 11.6. The average Bonchev–Trinajstić information content (AvgIpc) is 2.96. The zero-order valence-corrected chi connectivity index (χ0v) is 17.1. The molecule has 2 atom stereocenters. The molecule has 0 amide bonds. The van der Waals surface area contributed by atoms with Crippen molar-refractivity contribution in [3.63, 3.8) is 0 Å². The zero-order chi connectivity index (χ0) is 17.2. The van der Waals surface area contributed by atoms with Crippen LogP contribution in [0.4, 0.5) is 0 Å². The van der Waals surface area contributed by atoms with Gasteiger partial charge in [-0.2, -0.15) is 0 Å². The van der Waals surface area contributed by atoms with Crippen molar-refractivity contribution in [2.24, 2.45) is 0 Å². The van der Waals surface area contributed by atoms with Crippen LogP contribution in [0.5, 0.6) is 5.75 Å². The second kappa shape index (κ2) is 8.98. The van der Waals surface area contributed by atoms with Crippen molar-refractivity contribution >= 4 is 25.6 Å². The quantitative estimate of drug-likeness (QED) is 0.245. The number of thioether (sulfide) groups is 1. The van der Waals surface area contributed by atoms with E-state index in [1.165, 1.54) is 25.1 Å². The van der Waals surface area contributed by atoms with Gasteiger partial charge in [-0.15, -0.1) is 11.8 Å². The molecule has 2 rings (SSSR count). The summed E-state index contributed by atoms with van der Waals surface area (Å²) in [5.41, 5.74) is 1.08. The summed E-state index contributed by atoms with van der Waals surface area (Å²) >= 11 is 1.37. The number of phosphoric ester groups is 1. The summed E-state index contributed by atoms with van der Waals surface area (Å²) in [5, 5.41) is 12.8. The van der Waals surface area contributed by atoms with Gasteiger partial charge in [0.05, 0.1) is 24.8 Å². The topological polar surface area (TPSA) is 138 Å². The summed E-state index contributed by atoms with van der Waals surface area (Å²) in [6.45, 7) is 1.19. The fourth-order valence-electron chi connectivity index (χ4n) is 2.13. The Balaban J connectivity index is 0.00000288. The van der Waals surface area contributed by atoms with Crippen molar-refractivity contribution in [3.05, 3.63) is 23.0 Å². The smallest absolute Gasteiger partial charge is 0.506 e. The molecular weight excluding hydrogens is 370 g/mol.